The molecule has 0 aliphatic carbocycles. The molecule has 22 nitrogen and oxygen atoms in total. The van der Waals surface area contributed by atoms with Gasteiger partial charge in [-0.15, -0.1) is 0 Å². The molecule has 2 aliphatic rings. The Morgan fingerprint density at radius 1 is 0.707 bits per heavy atom. The van der Waals surface area contributed by atoms with Gasteiger partial charge >= 0.3 is 6.18 Å². The fraction of sp³-hybridized carbons (Fsp3) is 0.652. The summed E-state index contributed by atoms with van der Waals surface area (Å²) >= 11 is 6.09. The fourth-order valence-electron chi connectivity index (χ4n) is 11.7. The van der Waals surface area contributed by atoms with Gasteiger partial charge in [-0.2, -0.15) is 13.2 Å². The second-order valence-corrected chi connectivity index (χ2v) is 26.3. The number of rotatable bonds is 11. The molecule has 2 saturated heterocycles. The van der Waals surface area contributed by atoms with Crippen molar-refractivity contribution in [2.45, 2.75) is 174 Å². The third kappa shape index (κ3) is 20.7. The molecular formula is C66H99ClF3N11O11. The van der Waals surface area contributed by atoms with Crippen LogP contribution >= 0.6 is 11.6 Å². The summed E-state index contributed by atoms with van der Waals surface area (Å²) in [6, 6.07) is 3.93. The van der Waals surface area contributed by atoms with Gasteiger partial charge in [0.1, 0.15) is 42.0 Å². The lowest BCUT2D eigenvalue weighted by atomic mass is 9.95. The molecule has 512 valence electrons. The number of hydrogen-bond donors (Lipinski definition) is 3. The van der Waals surface area contributed by atoms with Gasteiger partial charge in [0.25, 0.3) is 0 Å². The Balaban J connectivity index is 1.75. The van der Waals surface area contributed by atoms with E-state index in [1.807, 2.05) is 47.6 Å². The molecule has 2 aliphatic heterocycles. The molecule has 92 heavy (non-hydrogen) atoms. The van der Waals surface area contributed by atoms with Gasteiger partial charge in [-0.3, -0.25) is 47.9 Å². The zero-order valence-electron chi connectivity index (χ0n) is 56.4. The quantitative estimate of drug-likeness (QED) is 0.252. The molecule has 10 amide bonds. The van der Waals surface area contributed by atoms with E-state index in [1.54, 1.807) is 46.1 Å². The van der Waals surface area contributed by atoms with Gasteiger partial charge in [0.2, 0.25) is 59.1 Å². The Bertz CT molecular complexity index is 2950. The summed E-state index contributed by atoms with van der Waals surface area (Å²) in [6.07, 6.45) is -2.31. The van der Waals surface area contributed by atoms with Gasteiger partial charge in [0.15, 0.2) is 0 Å². The number of aryl methyl sites for hydroxylation is 2. The summed E-state index contributed by atoms with van der Waals surface area (Å²) in [7, 11) is 10.1. The zero-order valence-corrected chi connectivity index (χ0v) is 57.2. The van der Waals surface area contributed by atoms with E-state index in [0.717, 1.165) is 32.4 Å². The van der Waals surface area contributed by atoms with Gasteiger partial charge < -0.3 is 59.9 Å². The zero-order chi connectivity index (χ0) is 69.3. The fourth-order valence-corrected chi connectivity index (χ4v) is 12.0. The summed E-state index contributed by atoms with van der Waals surface area (Å²) in [6.45, 7) is 13.2. The number of carbonyl (C=O) groups is 11. The highest BCUT2D eigenvalue weighted by Crippen LogP contribution is 2.36. The van der Waals surface area contributed by atoms with Crippen LogP contribution in [0.2, 0.25) is 5.02 Å². The van der Waals surface area contributed by atoms with Crippen LogP contribution < -0.4 is 16.0 Å². The predicted molar refractivity (Wildman–Crippen MR) is 343 cm³/mol. The number of hydrogen-bond acceptors (Lipinski definition) is 12. The number of alkyl halides is 3. The molecule has 3 N–H and O–H groups in total. The van der Waals surface area contributed by atoms with Crippen molar-refractivity contribution >= 4 is 77.0 Å². The molecule has 0 saturated carbocycles. The Kier molecular flexibility index (Phi) is 29.1. The second kappa shape index (κ2) is 34.7. The molecular weight excluding hydrogens is 1220 g/mol. The smallest absolute Gasteiger partial charge is 0.343 e. The van der Waals surface area contributed by atoms with Gasteiger partial charge in [-0.1, -0.05) is 89.9 Å². The third-order valence-corrected chi connectivity index (χ3v) is 18.4. The Hall–Kier alpha value is -7.15. The van der Waals surface area contributed by atoms with Crippen molar-refractivity contribution in [3.05, 3.63) is 69.7 Å². The van der Waals surface area contributed by atoms with Crippen LogP contribution in [0.4, 0.5) is 13.2 Å². The lowest BCUT2D eigenvalue weighted by Crippen LogP contribution is -2.60. The van der Waals surface area contributed by atoms with Crippen LogP contribution in [0.25, 0.3) is 0 Å². The first-order valence-corrected chi connectivity index (χ1v) is 32.2. The lowest BCUT2D eigenvalue weighted by Gasteiger charge is -2.37. The van der Waals surface area contributed by atoms with E-state index in [-0.39, 0.29) is 75.8 Å². The molecule has 0 spiro atoms. The molecule has 0 aromatic heterocycles. The van der Waals surface area contributed by atoms with Gasteiger partial charge in [0.05, 0.1) is 30.2 Å². The van der Waals surface area contributed by atoms with Crippen LogP contribution in [0.5, 0.6) is 0 Å². The molecule has 0 bridgehead atoms. The normalized spacial score (nSPS) is 24.8. The SMILES string of the molecule is CC[C@H](C)[C@@H]1NC(=O)[C@H](CC(C)C)N(C)C(=O)C[C@@H](C)N(C)C(=O)[C@H](C(C)C)N(C)C(=O)CCCCNC[C@@]2(C=O)CCCN2C(=O)[C@H](CCc2ccc(C(F)(F)F)c(Cl)c2)NC(=O)CN(C)C(=O)[C@H](Cc2ccccc2C)N(C)C(=O)CN(C)C(=O)CN(C)C1=O. The van der Waals surface area contributed by atoms with Gasteiger partial charge in [-0.25, -0.2) is 0 Å². The first kappa shape index (κ1) is 77.3. The second-order valence-electron chi connectivity index (χ2n) is 25.9. The molecule has 2 fully saturated rings. The number of amides is 10. The van der Waals surface area contributed by atoms with E-state index in [2.05, 4.69) is 16.0 Å². The Labute approximate surface area is 545 Å². The molecule has 26 heteroatoms. The van der Waals surface area contributed by atoms with Gasteiger partial charge in [-0.05, 0) is 112 Å². The number of benzene rings is 2. The largest absolute Gasteiger partial charge is 0.417 e. The summed E-state index contributed by atoms with van der Waals surface area (Å²) < 4.78 is 41.2. The maximum atomic E-state index is 14.9. The number of nitrogens with one attached hydrogen (secondary N) is 3. The number of halogens is 4. The van der Waals surface area contributed by atoms with Crippen LogP contribution in [0.3, 0.4) is 0 Å². The van der Waals surface area contributed by atoms with Crippen LogP contribution in [0.1, 0.15) is 129 Å². The van der Waals surface area contributed by atoms with Crippen molar-refractivity contribution in [3.63, 3.8) is 0 Å². The molecule has 2 aromatic rings. The minimum atomic E-state index is -4.74. The highest BCUT2D eigenvalue weighted by molar-refractivity contribution is 6.31. The maximum Gasteiger partial charge on any atom is 0.417 e. The van der Waals surface area contributed by atoms with E-state index >= 15 is 0 Å². The highest BCUT2D eigenvalue weighted by atomic mass is 35.5. The Morgan fingerprint density at radius 3 is 1.93 bits per heavy atom. The molecule has 8 atom stereocenters. The van der Waals surface area contributed by atoms with E-state index in [1.165, 1.54) is 65.8 Å². The first-order valence-electron chi connectivity index (χ1n) is 31.8. The van der Waals surface area contributed by atoms with Crippen LogP contribution in [-0.4, -0.2) is 235 Å². The number of likely N-dealkylation sites (N-methyl/N-ethyl adjacent to an activating group) is 7. The molecule has 0 unspecified atom stereocenters. The van der Waals surface area contributed by atoms with Crippen molar-refractivity contribution in [2.75, 3.05) is 88.6 Å². The van der Waals surface area contributed by atoms with Crippen LogP contribution in [0, 0.1) is 24.7 Å². The molecule has 4 rings (SSSR count). The maximum absolute atomic E-state index is 14.9. The summed E-state index contributed by atoms with van der Waals surface area (Å²) in [5, 5.41) is 8.31. The summed E-state index contributed by atoms with van der Waals surface area (Å²) in [5.41, 5.74) is -0.654. The topological polar surface area (TPSA) is 250 Å². The lowest BCUT2D eigenvalue weighted by molar-refractivity contribution is -0.148. The summed E-state index contributed by atoms with van der Waals surface area (Å²) in [5.74, 6) is -6.75. The monoisotopic (exact) mass is 1310 g/mol. The number of nitrogens with zero attached hydrogens (tertiary/aromatic N) is 8. The van der Waals surface area contributed by atoms with Crippen molar-refractivity contribution in [2.24, 2.45) is 17.8 Å². The Morgan fingerprint density at radius 2 is 1.34 bits per heavy atom. The molecule has 0 radical (unpaired) electrons. The van der Waals surface area contributed by atoms with Crippen molar-refractivity contribution in [3.8, 4) is 0 Å². The number of fused-ring (bicyclic) bond motifs is 1. The first-order chi connectivity index (χ1) is 43.0. The van der Waals surface area contributed by atoms with Crippen LogP contribution in [0.15, 0.2) is 42.5 Å². The average Bonchev–Trinajstić information content (AvgIpc) is 1.59. The standard InChI is InChI=1S/C66H99ClF3N11O11/c1-16-43(6)58-63(91)76(11)37-56(86)74(9)38-57(87)79(14)52(35-47-23-18-17-22-44(47)7)62(90)75(10)36-53(83)72-50(28-26-46-25-27-48(49(67)34-46)66(68,69)70)61(89)81-31-21-29-65(81,40-82)39-71-30-20-19-24-54(84)80(15)59(42(4)5)64(92)77(12)45(8)33-55(85)78(13)51(32-41(2)3)60(88)73-58/h17-18,22-23,25,27,34,40-43,45,50-52,58-59,71H,16,19-21,24,26,28-33,35-39H2,1-15H3,(H,72,83)(H,73,88)/t43-,45+,50-,51-,52-,58-,59-,65+/m0/s1. The third-order valence-electron chi connectivity index (χ3n) is 18.1. The predicted octanol–water partition coefficient (Wildman–Crippen LogP) is 4.99. The number of carbonyl (C=O) groups excluding carboxylic acids is 11. The van der Waals surface area contributed by atoms with Crippen molar-refractivity contribution < 1.29 is 65.9 Å². The minimum absolute atomic E-state index is 0.00524. The van der Waals surface area contributed by atoms with E-state index in [9.17, 15) is 65.9 Å². The summed E-state index contributed by atoms with van der Waals surface area (Å²) in [4.78, 5) is 167. The van der Waals surface area contributed by atoms with E-state index in [4.69, 9.17) is 11.6 Å². The number of aldehydes is 1. The van der Waals surface area contributed by atoms with E-state index in [0.29, 0.717) is 49.6 Å². The average molecular weight is 1320 g/mol. The minimum Gasteiger partial charge on any atom is -0.343 e. The van der Waals surface area contributed by atoms with Gasteiger partial charge in [0, 0.05) is 87.7 Å². The highest BCUT2D eigenvalue weighted by Gasteiger charge is 2.46. The van der Waals surface area contributed by atoms with E-state index < -0.39 is 137 Å². The van der Waals surface area contributed by atoms with Crippen molar-refractivity contribution in [1.29, 1.82) is 0 Å². The molecule has 2 aromatic carbocycles. The van der Waals surface area contributed by atoms with Crippen LogP contribution in [-0.2, 0) is 71.8 Å². The van der Waals surface area contributed by atoms with Crippen molar-refractivity contribution in [1.82, 2.24) is 55.1 Å². The molecule has 2 heterocycles.